The lowest BCUT2D eigenvalue weighted by atomic mass is 9.88. The smallest absolute Gasteiger partial charge is 0.240 e. The van der Waals surface area contributed by atoms with Gasteiger partial charge in [-0.3, -0.25) is 0 Å². The van der Waals surface area contributed by atoms with Crippen LogP contribution in [-0.2, 0) is 9.59 Å². The highest BCUT2D eigenvalue weighted by atomic mass is 16.3. The summed E-state index contributed by atoms with van der Waals surface area (Å²) in [7, 11) is 0. The van der Waals surface area contributed by atoms with E-state index >= 15 is 0 Å². The lowest BCUT2D eigenvalue weighted by molar-refractivity contribution is 0.00304. The van der Waals surface area contributed by atoms with Gasteiger partial charge in [0.15, 0.2) is 0 Å². The molecule has 0 aliphatic rings. The lowest BCUT2D eigenvalue weighted by Gasteiger charge is -2.24. The summed E-state index contributed by atoms with van der Waals surface area (Å²) in [4.78, 5) is 26.9. The first kappa shape index (κ1) is 34.0. The number of hydrogen-bond donors (Lipinski definition) is 6. The second-order valence-corrected chi connectivity index (χ2v) is 7.35. The van der Waals surface area contributed by atoms with Crippen molar-refractivity contribution in [2.75, 3.05) is 26.4 Å². The van der Waals surface area contributed by atoms with Gasteiger partial charge in [0, 0.05) is 17.6 Å². The number of aliphatic hydroxyl groups excluding tert-OH is 5. The van der Waals surface area contributed by atoms with Crippen LogP contribution < -0.4 is 0 Å². The van der Waals surface area contributed by atoms with Crippen molar-refractivity contribution in [3.63, 3.8) is 0 Å². The summed E-state index contributed by atoms with van der Waals surface area (Å²) in [5.74, 6) is 0.322. The molecule has 0 aliphatic carbocycles. The zero-order valence-electron chi connectivity index (χ0n) is 20.3. The highest BCUT2D eigenvalue weighted by Crippen LogP contribution is 2.26. The van der Waals surface area contributed by atoms with Crippen molar-refractivity contribution in [3.05, 3.63) is 54.1 Å². The minimum absolute atomic E-state index is 0.0810. The number of aromatic hydroxyl groups is 1. The zero-order chi connectivity index (χ0) is 27.1. The molecule has 2 aromatic rings. The number of aliphatic hydroxyl groups is 5. The second kappa shape index (κ2) is 21.3. The molecule has 0 bridgehead atoms. The van der Waals surface area contributed by atoms with Crippen LogP contribution in [-0.4, -0.2) is 75.3 Å². The topological polar surface area (TPSA) is 180 Å². The van der Waals surface area contributed by atoms with Gasteiger partial charge in [0.05, 0.1) is 37.3 Å². The molecule has 10 heteroatoms. The molecule has 35 heavy (non-hydrogen) atoms. The first-order valence-electron chi connectivity index (χ1n) is 10.8. The third kappa shape index (κ3) is 16.1. The van der Waals surface area contributed by atoms with E-state index in [1.54, 1.807) is 56.3 Å². The Morgan fingerprint density at radius 2 is 1.31 bits per heavy atom. The van der Waals surface area contributed by atoms with Crippen molar-refractivity contribution in [3.8, 4) is 5.75 Å². The van der Waals surface area contributed by atoms with Gasteiger partial charge in [0.2, 0.25) is 12.2 Å². The number of phenols is 1. The van der Waals surface area contributed by atoms with Crippen molar-refractivity contribution < 1.29 is 40.2 Å². The van der Waals surface area contributed by atoms with Crippen LogP contribution in [0.2, 0.25) is 0 Å². The van der Waals surface area contributed by atoms with Crippen LogP contribution in [0.1, 0.15) is 32.3 Å². The Bertz CT molecular complexity index is 836. The molecule has 0 spiro atoms. The highest BCUT2D eigenvalue weighted by Gasteiger charge is 2.24. The first-order valence-corrected chi connectivity index (χ1v) is 10.8. The molecular formula is C25H36N2O8. The Labute approximate surface area is 205 Å². The maximum Gasteiger partial charge on any atom is 0.240 e. The van der Waals surface area contributed by atoms with Crippen molar-refractivity contribution in [1.82, 2.24) is 0 Å². The molecule has 2 aromatic carbocycles. The monoisotopic (exact) mass is 492 g/mol. The average molecular weight is 493 g/mol. The van der Waals surface area contributed by atoms with E-state index in [1.807, 2.05) is 13.0 Å². The molecule has 0 aliphatic heterocycles. The van der Waals surface area contributed by atoms with Crippen LogP contribution in [0.5, 0.6) is 5.75 Å². The molecule has 0 fully saturated rings. The van der Waals surface area contributed by atoms with E-state index in [0.29, 0.717) is 35.5 Å². The third-order valence-electron chi connectivity index (χ3n) is 4.67. The molecule has 1 unspecified atom stereocenters. The predicted octanol–water partition coefficient (Wildman–Crippen LogP) is 2.43. The van der Waals surface area contributed by atoms with E-state index < -0.39 is 5.41 Å². The summed E-state index contributed by atoms with van der Waals surface area (Å²) in [6.45, 7) is 4.80. The second-order valence-electron chi connectivity index (χ2n) is 7.35. The van der Waals surface area contributed by atoms with Crippen LogP contribution in [0.25, 0.3) is 0 Å². The van der Waals surface area contributed by atoms with Gasteiger partial charge in [0.25, 0.3) is 0 Å². The Hall–Kier alpha value is -3.20. The number of isocyanates is 2. The minimum atomic E-state index is -0.667. The molecule has 0 aromatic heterocycles. The van der Waals surface area contributed by atoms with Crippen LogP contribution in [0.15, 0.2) is 58.5 Å². The van der Waals surface area contributed by atoms with Gasteiger partial charge < -0.3 is 30.6 Å². The minimum Gasteiger partial charge on any atom is -0.508 e. The van der Waals surface area contributed by atoms with Crippen molar-refractivity contribution in [2.24, 2.45) is 15.4 Å². The largest absolute Gasteiger partial charge is 0.508 e. The van der Waals surface area contributed by atoms with Gasteiger partial charge in [0.1, 0.15) is 5.75 Å². The summed E-state index contributed by atoms with van der Waals surface area (Å²) in [6, 6.07) is 13.7. The number of phenolic OH excluding ortho intramolecular Hbond substituents is 1. The fourth-order valence-corrected chi connectivity index (χ4v) is 2.05. The third-order valence-corrected chi connectivity index (χ3v) is 4.67. The number of carbonyl (C=O) groups excluding carboxylic acids is 2. The fourth-order valence-electron chi connectivity index (χ4n) is 2.05. The molecule has 0 saturated heterocycles. The molecule has 0 saturated carbocycles. The summed E-state index contributed by atoms with van der Waals surface area (Å²) in [5, 5.41) is 51.1. The Morgan fingerprint density at radius 1 is 0.857 bits per heavy atom. The van der Waals surface area contributed by atoms with Crippen LogP contribution >= 0.6 is 0 Å². The van der Waals surface area contributed by atoms with Crippen LogP contribution in [0, 0.1) is 12.3 Å². The van der Waals surface area contributed by atoms with E-state index in [1.165, 1.54) is 12.2 Å². The summed E-state index contributed by atoms with van der Waals surface area (Å²) in [5.41, 5.74) is 0.923. The predicted molar refractivity (Wildman–Crippen MR) is 132 cm³/mol. The molecule has 10 nitrogen and oxygen atoms in total. The first-order chi connectivity index (χ1) is 16.7. The van der Waals surface area contributed by atoms with Gasteiger partial charge >= 0.3 is 0 Å². The van der Waals surface area contributed by atoms with Crippen molar-refractivity contribution in [1.29, 1.82) is 0 Å². The summed E-state index contributed by atoms with van der Waals surface area (Å²) >= 11 is 0. The molecule has 0 amide bonds. The number of hydrogen-bond acceptors (Lipinski definition) is 10. The van der Waals surface area contributed by atoms with E-state index in [9.17, 15) is 9.59 Å². The Morgan fingerprint density at radius 3 is 1.51 bits per heavy atom. The zero-order valence-corrected chi connectivity index (χ0v) is 20.3. The molecule has 6 N–H and O–H groups in total. The van der Waals surface area contributed by atoms with Gasteiger partial charge in [-0.25, -0.2) is 9.59 Å². The Balaban J connectivity index is 0. The lowest BCUT2D eigenvalue weighted by Crippen LogP contribution is -2.32. The number of benzene rings is 2. The van der Waals surface area contributed by atoms with Crippen LogP contribution in [0.3, 0.4) is 0 Å². The number of nitrogens with zero attached hydrogens (tertiary/aromatic N) is 2. The molecule has 1 atom stereocenters. The number of rotatable bonds is 8. The van der Waals surface area contributed by atoms with E-state index in [4.69, 9.17) is 30.6 Å². The quantitative estimate of drug-likeness (QED) is 0.240. The maximum absolute atomic E-state index is 10.00. The standard InChI is InChI=1S/C9H6N2O2.C6H14O3.C6H6O.C4H10O2/c1-7-8(10-5-12)3-2-4-9(7)11-6-13;1-2-6(3-7,4-8)5-9;7-6-4-2-1-3-5-6;1-4(6)2-3-5/h2-4H,1H3;7-9H,2-5H2,1H3;1-5,7H;4-6H,2-3H2,1H3. The van der Waals surface area contributed by atoms with E-state index in [-0.39, 0.29) is 32.5 Å². The summed E-state index contributed by atoms with van der Waals surface area (Å²) < 4.78 is 0. The average Bonchev–Trinajstić information content (AvgIpc) is 2.85. The van der Waals surface area contributed by atoms with Gasteiger partial charge in [-0.15, -0.1) is 0 Å². The van der Waals surface area contributed by atoms with Crippen molar-refractivity contribution in [2.45, 2.75) is 39.7 Å². The molecule has 0 heterocycles. The van der Waals surface area contributed by atoms with E-state index in [2.05, 4.69) is 9.98 Å². The molecule has 194 valence electrons. The summed E-state index contributed by atoms with van der Waals surface area (Å²) in [6.07, 6.45) is 3.59. The molecular weight excluding hydrogens is 456 g/mol. The highest BCUT2D eigenvalue weighted by molar-refractivity contribution is 5.64. The molecule has 2 rings (SSSR count). The SMILES string of the molecule is CC(O)CCO.CCC(CO)(CO)CO.Cc1c(N=C=O)cccc1N=C=O.Oc1ccccc1. The number of para-hydroxylation sites is 1. The van der Waals surface area contributed by atoms with Gasteiger partial charge in [-0.05, 0) is 51.0 Å². The fraction of sp³-hybridized carbons (Fsp3) is 0.440. The van der Waals surface area contributed by atoms with Crippen LogP contribution in [0.4, 0.5) is 11.4 Å². The van der Waals surface area contributed by atoms with E-state index in [0.717, 1.165) is 0 Å². The maximum atomic E-state index is 10.00. The van der Waals surface area contributed by atoms with Crippen molar-refractivity contribution >= 4 is 23.5 Å². The Kier molecular flexibility index (Phi) is 20.7. The molecule has 0 radical (unpaired) electrons. The normalized spacial score (nSPS) is 10.4. The van der Waals surface area contributed by atoms with Gasteiger partial charge in [-0.2, -0.15) is 9.98 Å². The number of aliphatic imine (C=N–C) groups is 2. The van der Waals surface area contributed by atoms with Gasteiger partial charge in [-0.1, -0.05) is 31.2 Å².